The van der Waals surface area contributed by atoms with E-state index in [1.165, 1.54) is 51.8 Å². The SMILES string of the molecule is Cc1ccc(C2=CCC3=C4CCc5ccccc5C4=CCC3=C2)cc1. The van der Waals surface area contributed by atoms with Crippen LogP contribution in [0.1, 0.15) is 41.5 Å². The minimum absolute atomic E-state index is 1.06. The number of hydrogen-bond acceptors (Lipinski definition) is 0. The summed E-state index contributed by atoms with van der Waals surface area (Å²) in [5.74, 6) is 0. The Hall–Kier alpha value is -2.60. The van der Waals surface area contributed by atoms with E-state index in [4.69, 9.17) is 0 Å². The quantitative estimate of drug-likeness (QED) is 0.567. The number of fused-ring (bicyclic) bond motifs is 4. The third kappa shape index (κ3) is 2.44. The molecule has 2 aromatic carbocycles. The van der Waals surface area contributed by atoms with Gasteiger partial charge in [-0.05, 0) is 77.2 Å². The maximum Gasteiger partial charge on any atom is -0.00824 e. The molecule has 0 heteroatoms. The number of benzene rings is 2. The standard InChI is InChI=1S/C25H22/c1-17-6-8-18(9-7-17)20-11-13-23-21(16-20)12-15-24-22-5-3-2-4-19(22)10-14-25(23)24/h2-9,11,15-16H,10,12-14H2,1H3. The molecule has 0 saturated carbocycles. The fourth-order valence-corrected chi connectivity index (χ4v) is 4.44. The van der Waals surface area contributed by atoms with Crippen LogP contribution in [0.2, 0.25) is 0 Å². The molecule has 0 spiro atoms. The van der Waals surface area contributed by atoms with E-state index >= 15 is 0 Å². The molecule has 0 aromatic heterocycles. The zero-order chi connectivity index (χ0) is 16.8. The summed E-state index contributed by atoms with van der Waals surface area (Å²) in [7, 11) is 0. The highest BCUT2D eigenvalue weighted by molar-refractivity contribution is 5.88. The monoisotopic (exact) mass is 322 g/mol. The van der Waals surface area contributed by atoms with Crippen molar-refractivity contribution in [1.29, 1.82) is 0 Å². The Morgan fingerprint density at radius 3 is 2.48 bits per heavy atom. The van der Waals surface area contributed by atoms with E-state index in [0.29, 0.717) is 0 Å². The van der Waals surface area contributed by atoms with Crippen molar-refractivity contribution in [2.45, 2.75) is 32.6 Å². The van der Waals surface area contributed by atoms with Crippen LogP contribution in [0.3, 0.4) is 0 Å². The lowest BCUT2D eigenvalue weighted by atomic mass is 9.73. The molecule has 0 fully saturated rings. The van der Waals surface area contributed by atoms with Crippen LogP contribution < -0.4 is 0 Å². The number of aryl methyl sites for hydroxylation is 2. The van der Waals surface area contributed by atoms with Crippen molar-refractivity contribution in [2.24, 2.45) is 0 Å². The van der Waals surface area contributed by atoms with Gasteiger partial charge in [-0.1, -0.05) is 72.3 Å². The summed E-state index contributed by atoms with van der Waals surface area (Å²) < 4.78 is 0. The Balaban J connectivity index is 1.53. The lowest BCUT2D eigenvalue weighted by molar-refractivity contribution is 0.900. The van der Waals surface area contributed by atoms with Gasteiger partial charge in [0.2, 0.25) is 0 Å². The summed E-state index contributed by atoms with van der Waals surface area (Å²) in [5, 5.41) is 0. The van der Waals surface area contributed by atoms with Crippen LogP contribution in [0.15, 0.2) is 83.5 Å². The maximum atomic E-state index is 2.46. The summed E-state index contributed by atoms with van der Waals surface area (Å²) in [6.45, 7) is 2.15. The zero-order valence-electron chi connectivity index (χ0n) is 14.7. The first-order valence-electron chi connectivity index (χ1n) is 9.28. The molecule has 0 atom stereocenters. The third-order valence-electron chi connectivity index (χ3n) is 5.80. The van der Waals surface area contributed by atoms with Gasteiger partial charge >= 0.3 is 0 Å². The Morgan fingerprint density at radius 2 is 1.60 bits per heavy atom. The normalized spacial score (nSPS) is 18.5. The van der Waals surface area contributed by atoms with Crippen LogP contribution in [-0.4, -0.2) is 0 Å². The molecule has 3 aliphatic carbocycles. The molecule has 0 radical (unpaired) electrons. The topological polar surface area (TPSA) is 0 Å². The van der Waals surface area contributed by atoms with Gasteiger partial charge in [0.1, 0.15) is 0 Å². The average molecular weight is 322 g/mol. The largest absolute Gasteiger partial charge is 0.0722 e. The molecule has 0 heterocycles. The van der Waals surface area contributed by atoms with Gasteiger partial charge in [0.05, 0.1) is 0 Å². The van der Waals surface area contributed by atoms with Gasteiger partial charge in [0.25, 0.3) is 0 Å². The molecule has 2 aromatic rings. The molecule has 0 aliphatic heterocycles. The van der Waals surface area contributed by atoms with E-state index in [1.807, 2.05) is 0 Å². The minimum atomic E-state index is 1.06. The Bertz CT molecular complexity index is 975. The molecule has 0 bridgehead atoms. The molecular weight excluding hydrogens is 300 g/mol. The highest BCUT2D eigenvalue weighted by Gasteiger charge is 2.26. The molecule has 5 rings (SSSR count). The first kappa shape index (κ1) is 14.7. The highest BCUT2D eigenvalue weighted by Crippen LogP contribution is 2.45. The zero-order valence-corrected chi connectivity index (χ0v) is 14.7. The van der Waals surface area contributed by atoms with Gasteiger partial charge in [0, 0.05) is 0 Å². The van der Waals surface area contributed by atoms with Crippen molar-refractivity contribution >= 4 is 11.1 Å². The van der Waals surface area contributed by atoms with E-state index in [1.54, 1.807) is 11.1 Å². The molecule has 0 unspecified atom stereocenters. The first-order valence-corrected chi connectivity index (χ1v) is 9.28. The van der Waals surface area contributed by atoms with Gasteiger partial charge in [0.15, 0.2) is 0 Å². The van der Waals surface area contributed by atoms with E-state index in [9.17, 15) is 0 Å². The molecule has 25 heavy (non-hydrogen) atoms. The van der Waals surface area contributed by atoms with Crippen molar-refractivity contribution in [3.63, 3.8) is 0 Å². The molecule has 0 amide bonds. The predicted octanol–water partition coefficient (Wildman–Crippen LogP) is 6.44. The van der Waals surface area contributed by atoms with Crippen LogP contribution in [0.4, 0.5) is 0 Å². The number of rotatable bonds is 1. The van der Waals surface area contributed by atoms with Gasteiger partial charge in [-0.25, -0.2) is 0 Å². The molecular formula is C25H22. The van der Waals surface area contributed by atoms with Crippen LogP contribution in [0.25, 0.3) is 11.1 Å². The fraction of sp³-hybridized carbons (Fsp3) is 0.200. The Morgan fingerprint density at radius 1 is 0.760 bits per heavy atom. The lowest BCUT2D eigenvalue weighted by Gasteiger charge is -2.31. The van der Waals surface area contributed by atoms with Crippen LogP contribution in [0, 0.1) is 6.92 Å². The average Bonchev–Trinajstić information content (AvgIpc) is 2.67. The van der Waals surface area contributed by atoms with Crippen LogP contribution >= 0.6 is 0 Å². The second kappa shape index (κ2) is 5.74. The summed E-state index contributed by atoms with van der Waals surface area (Å²) in [6, 6.07) is 17.8. The highest BCUT2D eigenvalue weighted by atomic mass is 14.3. The maximum absolute atomic E-state index is 2.46. The van der Waals surface area contributed by atoms with E-state index in [-0.39, 0.29) is 0 Å². The van der Waals surface area contributed by atoms with Gasteiger partial charge in [-0.3, -0.25) is 0 Å². The van der Waals surface area contributed by atoms with Crippen molar-refractivity contribution in [3.8, 4) is 0 Å². The first-order chi connectivity index (χ1) is 12.3. The second-order valence-electron chi connectivity index (χ2n) is 7.34. The molecule has 122 valence electrons. The smallest absolute Gasteiger partial charge is 0.00824 e. The van der Waals surface area contributed by atoms with E-state index in [0.717, 1.165) is 12.8 Å². The summed E-state index contributed by atoms with van der Waals surface area (Å²) in [6.07, 6.45) is 11.8. The van der Waals surface area contributed by atoms with Gasteiger partial charge in [-0.2, -0.15) is 0 Å². The molecule has 0 saturated heterocycles. The number of hydrogen-bond donors (Lipinski definition) is 0. The van der Waals surface area contributed by atoms with E-state index < -0.39 is 0 Å². The third-order valence-corrected chi connectivity index (χ3v) is 5.80. The number of allylic oxidation sites excluding steroid dienone is 8. The summed E-state index contributed by atoms with van der Waals surface area (Å²) in [4.78, 5) is 0. The molecule has 0 N–H and O–H groups in total. The molecule has 0 nitrogen and oxygen atoms in total. The van der Waals surface area contributed by atoms with Gasteiger partial charge < -0.3 is 0 Å². The van der Waals surface area contributed by atoms with Crippen molar-refractivity contribution < 1.29 is 0 Å². The Labute approximate surface area is 149 Å². The van der Waals surface area contributed by atoms with Crippen molar-refractivity contribution in [2.75, 3.05) is 0 Å². The lowest BCUT2D eigenvalue weighted by Crippen LogP contribution is -2.12. The predicted molar refractivity (Wildman–Crippen MR) is 106 cm³/mol. The molecule has 3 aliphatic rings. The van der Waals surface area contributed by atoms with Gasteiger partial charge in [-0.15, -0.1) is 0 Å². The van der Waals surface area contributed by atoms with E-state index in [2.05, 4.69) is 73.7 Å². The minimum Gasteiger partial charge on any atom is -0.0722 e. The summed E-state index contributed by atoms with van der Waals surface area (Å²) in [5.41, 5.74) is 13.2. The Kier molecular flexibility index (Phi) is 3.38. The summed E-state index contributed by atoms with van der Waals surface area (Å²) >= 11 is 0. The fourth-order valence-electron chi connectivity index (χ4n) is 4.44. The van der Waals surface area contributed by atoms with Crippen LogP contribution in [-0.2, 0) is 6.42 Å². The second-order valence-corrected chi connectivity index (χ2v) is 7.34. The van der Waals surface area contributed by atoms with Crippen molar-refractivity contribution in [1.82, 2.24) is 0 Å². The van der Waals surface area contributed by atoms with Crippen molar-refractivity contribution in [3.05, 3.63) is 106 Å². The van der Waals surface area contributed by atoms with Crippen LogP contribution in [0.5, 0.6) is 0 Å².